The maximum Gasteiger partial charge on any atom is 0.0521 e. The highest BCUT2D eigenvalue weighted by Crippen LogP contribution is 2.13. The van der Waals surface area contributed by atoms with E-state index in [0.717, 1.165) is 18.8 Å². The lowest BCUT2D eigenvalue weighted by molar-refractivity contribution is 0.207. The summed E-state index contributed by atoms with van der Waals surface area (Å²) < 4.78 is 0. The number of nitrogens with zero attached hydrogens (tertiary/aromatic N) is 1. The minimum absolute atomic E-state index is 0.329. The van der Waals surface area contributed by atoms with E-state index >= 15 is 0 Å². The van der Waals surface area contributed by atoms with E-state index in [9.17, 15) is 0 Å². The molecule has 0 spiro atoms. The van der Waals surface area contributed by atoms with Gasteiger partial charge in [-0.3, -0.25) is 0 Å². The molecule has 0 aromatic rings. The van der Waals surface area contributed by atoms with Gasteiger partial charge in [0.15, 0.2) is 0 Å². The number of hydrogen-bond acceptors (Lipinski definition) is 3. The lowest BCUT2D eigenvalue weighted by Gasteiger charge is -2.39. The van der Waals surface area contributed by atoms with E-state index in [1.165, 1.54) is 0 Å². The highest BCUT2D eigenvalue weighted by molar-refractivity contribution is 5.18. The van der Waals surface area contributed by atoms with E-state index < -0.39 is 0 Å². The fourth-order valence-corrected chi connectivity index (χ4v) is 1.16. The zero-order chi connectivity index (χ0) is 8.27. The van der Waals surface area contributed by atoms with Crippen molar-refractivity contribution in [3.05, 3.63) is 24.0 Å². The summed E-state index contributed by atoms with van der Waals surface area (Å²) in [7, 11) is 0. The Kier molecular flexibility index (Phi) is 2.54. The lowest BCUT2D eigenvalue weighted by Crippen LogP contribution is -2.54. The minimum Gasteiger partial charge on any atom is -0.403 e. The SMILES string of the molecule is C/C=C\C(=C/N)N1CC(N)C1. The molecule has 1 heterocycles. The van der Waals surface area contributed by atoms with Gasteiger partial charge in [-0.2, -0.15) is 0 Å². The summed E-state index contributed by atoms with van der Waals surface area (Å²) in [4.78, 5) is 2.16. The summed E-state index contributed by atoms with van der Waals surface area (Å²) in [6.45, 7) is 3.82. The average molecular weight is 153 g/mol. The third kappa shape index (κ3) is 1.74. The van der Waals surface area contributed by atoms with Crippen molar-refractivity contribution in [2.45, 2.75) is 13.0 Å². The van der Waals surface area contributed by atoms with E-state index in [1.807, 2.05) is 19.1 Å². The molecule has 1 aliphatic rings. The summed E-state index contributed by atoms with van der Waals surface area (Å²) in [5.41, 5.74) is 12.1. The van der Waals surface area contributed by atoms with E-state index in [1.54, 1.807) is 6.20 Å². The summed E-state index contributed by atoms with van der Waals surface area (Å²) >= 11 is 0. The van der Waals surface area contributed by atoms with Gasteiger partial charge >= 0.3 is 0 Å². The number of likely N-dealkylation sites (tertiary alicyclic amines) is 1. The fraction of sp³-hybridized carbons (Fsp3) is 0.500. The number of allylic oxidation sites excluding steroid dienone is 2. The molecule has 0 aromatic carbocycles. The van der Waals surface area contributed by atoms with Crippen LogP contribution in [0.5, 0.6) is 0 Å². The average Bonchev–Trinajstić information content (AvgIpc) is 1.95. The molecule has 11 heavy (non-hydrogen) atoms. The molecule has 0 amide bonds. The first-order valence-electron chi connectivity index (χ1n) is 3.83. The Balaban J connectivity index is 2.45. The molecule has 0 atom stereocenters. The first kappa shape index (κ1) is 8.14. The van der Waals surface area contributed by atoms with Crippen LogP contribution in [0.1, 0.15) is 6.92 Å². The van der Waals surface area contributed by atoms with Crippen molar-refractivity contribution < 1.29 is 0 Å². The fourth-order valence-electron chi connectivity index (χ4n) is 1.16. The second-order valence-corrected chi connectivity index (χ2v) is 2.76. The molecule has 0 radical (unpaired) electrons. The summed E-state index contributed by atoms with van der Waals surface area (Å²) in [6, 6.07) is 0.329. The second kappa shape index (κ2) is 3.44. The van der Waals surface area contributed by atoms with Crippen molar-refractivity contribution in [3.63, 3.8) is 0 Å². The molecule has 3 nitrogen and oxygen atoms in total. The number of rotatable bonds is 2. The molecule has 0 aliphatic carbocycles. The molecule has 1 saturated heterocycles. The van der Waals surface area contributed by atoms with Crippen LogP contribution in [-0.4, -0.2) is 24.0 Å². The van der Waals surface area contributed by atoms with Gasteiger partial charge in [0, 0.05) is 25.3 Å². The monoisotopic (exact) mass is 153 g/mol. The Morgan fingerprint density at radius 1 is 1.55 bits per heavy atom. The van der Waals surface area contributed by atoms with E-state index in [4.69, 9.17) is 11.5 Å². The molecule has 4 N–H and O–H groups in total. The van der Waals surface area contributed by atoms with Crippen LogP contribution < -0.4 is 11.5 Å². The van der Waals surface area contributed by atoms with E-state index in [2.05, 4.69) is 4.90 Å². The van der Waals surface area contributed by atoms with Crippen LogP contribution in [0, 0.1) is 0 Å². The van der Waals surface area contributed by atoms with Gasteiger partial charge in [0.2, 0.25) is 0 Å². The third-order valence-corrected chi connectivity index (χ3v) is 1.78. The van der Waals surface area contributed by atoms with Crippen molar-refractivity contribution in [1.82, 2.24) is 4.90 Å². The Hall–Kier alpha value is -0.960. The van der Waals surface area contributed by atoms with E-state index in [0.29, 0.717) is 6.04 Å². The molecule has 1 aliphatic heterocycles. The van der Waals surface area contributed by atoms with Crippen molar-refractivity contribution in [3.8, 4) is 0 Å². The highest BCUT2D eigenvalue weighted by Gasteiger charge is 2.23. The first-order valence-corrected chi connectivity index (χ1v) is 3.83. The molecular formula is C8H15N3. The molecule has 0 aromatic heterocycles. The van der Waals surface area contributed by atoms with Gasteiger partial charge < -0.3 is 16.4 Å². The maximum absolute atomic E-state index is 5.62. The molecule has 3 heteroatoms. The largest absolute Gasteiger partial charge is 0.403 e. The predicted octanol–water partition coefficient (Wildman–Crippen LogP) is 0.00550. The smallest absolute Gasteiger partial charge is 0.0521 e. The van der Waals surface area contributed by atoms with Crippen LogP contribution in [0.3, 0.4) is 0 Å². The summed E-state index contributed by atoms with van der Waals surface area (Å²) in [5.74, 6) is 0. The quantitative estimate of drug-likeness (QED) is 0.549. The molecule has 0 bridgehead atoms. The zero-order valence-electron chi connectivity index (χ0n) is 6.83. The topological polar surface area (TPSA) is 55.3 Å². The van der Waals surface area contributed by atoms with Crippen LogP contribution >= 0.6 is 0 Å². The zero-order valence-corrected chi connectivity index (χ0v) is 6.83. The first-order chi connectivity index (χ1) is 5.27. The molecule has 0 unspecified atom stereocenters. The molecular weight excluding hydrogens is 138 g/mol. The van der Waals surface area contributed by atoms with Crippen LogP contribution in [0.4, 0.5) is 0 Å². The van der Waals surface area contributed by atoms with Crippen LogP contribution in [0.25, 0.3) is 0 Å². The Bertz CT molecular complexity index is 178. The highest BCUT2D eigenvalue weighted by atomic mass is 15.2. The third-order valence-electron chi connectivity index (χ3n) is 1.78. The van der Waals surface area contributed by atoms with Crippen LogP contribution in [0.15, 0.2) is 24.0 Å². The lowest BCUT2D eigenvalue weighted by atomic mass is 10.1. The van der Waals surface area contributed by atoms with Crippen LogP contribution in [0.2, 0.25) is 0 Å². The normalized spacial score (nSPS) is 20.9. The van der Waals surface area contributed by atoms with Gasteiger partial charge in [-0.05, 0) is 13.0 Å². The number of nitrogens with two attached hydrogens (primary N) is 2. The molecule has 1 rings (SSSR count). The molecule has 0 saturated carbocycles. The van der Waals surface area contributed by atoms with Crippen molar-refractivity contribution >= 4 is 0 Å². The predicted molar refractivity (Wildman–Crippen MR) is 46.6 cm³/mol. The van der Waals surface area contributed by atoms with Gasteiger partial charge in [-0.25, -0.2) is 0 Å². The standard InChI is InChI=1S/C8H15N3/c1-2-3-8(4-9)11-5-7(10)6-11/h2-4,7H,5-6,9-10H2,1H3/b3-2-,8-4+. The van der Waals surface area contributed by atoms with Gasteiger partial charge in [0.05, 0.1) is 5.70 Å². The second-order valence-electron chi connectivity index (χ2n) is 2.76. The van der Waals surface area contributed by atoms with E-state index in [-0.39, 0.29) is 0 Å². The van der Waals surface area contributed by atoms with Gasteiger partial charge in [0.25, 0.3) is 0 Å². The summed E-state index contributed by atoms with van der Waals surface area (Å²) in [6.07, 6.45) is 5.58. The number of hydrogen-bond donors (Lipinski definition) is 2. The Labute approximate surface area is 67.3 Å². The van der Waals surface area contributed by atoms with Gasteiger partial charge in [0.1, 0.15) is 0 Å². The molecule has 1 fully saturated rings. The molecule has 62 valence electrons. The van der Waals surface area contributed by atoms with Crippen molar-refractivity contribution in [1.29, 1.82) is 0 Å². The van der Waals surface area contributed by atoms with Crippen LogP contribution in [-0.2, 0) is 0 Å². The van der Waals surface area contributed by atoms with Gasteiger partial charge in [-0.15, -0.1) is 0 Å². The Morgan fingerprint density at radius 3 is 2.55 bits per heavy atom. The van der Waals surface area contributed by atoms with Gasteiger partial charge in [-0.1, -0.05) is 6.08 Å². The Morgan fingerprint density at radius 2 is 2.18 bits per heavy atom. The minimum atomic E-state index is 0.329. The summed E-state index contributed by atoms with van der Waals surface area (Å²) in [5, 5.41) is 0. The van der Waals surface area contributed by atoms with Crippen molar-refractivity contribution in [2.75, 3.05) is 13.1 Å². The van der Waals surface area contributed by atoms with Crippen molar-refractivity contribution in [2.24, 2.45) is 11.5 Å². The maximum atomic E-state index is 5.62.